The van der Waals surface area contributed by atoms with E-state index >= 15 is 0 Å². The first-order valence-electron chi connectivity index (χ1n) is 23.6. The number of rotatable bonds is 6. The molecule has 0 radical (unpaired) electrons. The first kappa shape index (κ1) is 38.1. The average molecular weight is 852 g/mol. The molecule has 3 aliphatic carbocycles. The second-order valence-electron chi connectivity index (χ2n) is 19.3. The number of anilines is 3. The highest BCUT2D eigenvalue weighted by Crippen LogP contribution is 2.63. The van der Waals surface area contributed by atoms with E-state index in [1.165, 1.54) is 105 Å². The smallest absolute Gasteiger partial charge is 0.0725 e. The number of hydrogen-bond donors (Lipinski definition) is 0. The van der Waals surface area contributed by atoms with Crippen LogP contribution in [0.1, 0.15) is 58.4 Å². The summed E-state index contributed by atoms with van der Waals surface area (Å²) in [7, 11) is 0. The Bertz CT molecular complexity index is 3840. The summed E-state index contributed by atoms with van der Waals surface area (Å²) in [6.45, 7) is 4.80. The van der Waals surface area contributed by atoms with Crippen molar-refractivity contribution < 1.29 is 0 Å². The highest BCUT2D eigenvalue weighted by atomic mass is 15.1. The van der Waals surface area contributed by atoms with Crippen LogP contribution in [0.4, 0.5) is 17.1 Å². The van der Waals surface area contributed by atoms with Gasteiger partial charge in [0, 0.05) is 22.5 Å². The summed E-state index contributed by atoms with van der Waals surface area (Å²) in [6.07, 6.45) is 4.55. The Morgan fingerprint density at radius 3 is 1.52 bits per heavy atom. The SMILES string of the molecule is CC1(C)c2cc(C=Cc3ccc(N(c4ccccc4)c4ccc5c(c4)-c4ccccc4C54c5ccccc5-c5ccccc54)cc3)cc3ccc4cc(-c5ccc6ccccc6c5)cc1c4c23. The van der Waals surface area contributed by atoms with E-state index in [2.05, 4.69) is 255 Å². The van der Waals surface area contributed by atoms with E-state index in [0.717, 1.165) is 22.6 Å². The van der Waals surface area contributed by atoms with Crippen molar-refractivity contribution in [1.82, 2.24) is 0 Å². The molecule has 0 N–H and O–H groups in total. The van der Waals surface area contributed by atoms with Gasteiger partial charge in [-0.1, -0.05) is 190 Å². The van der Waals surface area contributed by atoms with E-state index in [-0.39, 0.29) is 10.8 Å². The molecule has 314 valence electrons. The van der Waals surface area contributed by atoms with Gasteiger partial charge in [-0.25, -0.2) is 0 Å². The summed E-state index contributed by atoms with van der Waals surface area (Å²) in [4.78, 5) is 2.40. The van der Waals surface area contributed by atoms with Gasteiger partial charge in [0.05, 0.1) is 5.41 Å². The summed E-state index contributed by atoms with van der Waals surface area (Å²) in [6, 6.07) is 83.8. The van der Waals surface area contributed by atoms with Crippen LogP contribution in [-0.4, -0.2) is 0 Å². The molecule has 11 aromatic carbocycles. The zero-order chi connectivity index (χ0) is 44.4. The maximum Gasteiger partial charge on any atom is 0.0725 e. The van der Waals surface area contributed by atoms with Gasteiger partial charge in [-0.15, -0.1) is 0 Å². The number of benzene rings is 11. The number of hydrogen-bond acceptors (Lipinski definition) is 1. The molecule has 0 atom stereocenters. The molecule has 0 saturated heterocycles. The van der Waals surface area contributed by atoms with Crippen molar-refractivity contribution in [2.75, 3.05) is 4.90 Å². The van der Waals surface area contributed by atoms with Gasteiger partial charge in [-0.05, 0) is 171 Å². The summed E-state index contributed by atoms with van der Waals surface area (Å²) in [5, 5.41) is 7.95. The van der Waals surface area contributed by atoms with E-state index in [0.29, 0.717) is 0 Å². The Labute approximate surface area is 391 Å². The number of fused-ring (bicyclic) bond motifs is 11. The zero-order valence-electron chi connectivity index (χ0n) is 37.5. The Morgan fingerprint density at radius 1 is 0.313 bits per heavy atom. The van der Waals surface area contributed by atoms with Crippen molar-refractivity contribution >= 4 is 61.5 Å². The Kier molecular flexibility index (Phi) is 8.02. The van der Waals surface area contributed by atoms with Crippen molar-refractivity contribution in [3.05, 3.63) is 269 Å². The molecule has 0 heterocycles. The molecule has 0 aliphatic heterocycles. The van der Waals surface area contributed by atoms with Gasteiger partial charge in [0.2, 0.25) is 0 Å². The van der Waals surface area contributed by atoms with Crippen LogP contribution in [-0.2, 0) is 10.8 Å². The third kappa shape index (κ3) is 5.43. The molecule has 1 heteroatoms. The standard InChI is InChI=1S/C66H45N/c1-65(2)61-37-43(36-47-30-31-48-39-49(40-62(65)64(48)63(47)61)46-29-28-44-14-6-7-15-45(44)38-46)25-24-42-26-32-51(33-27-42)67(50-16-4-3-5-17-50)52-34-35-60-56(41-52)55-20-10-13-23-59(55)66(60)57-21-11-8-18-53(57)54-19-9-12-22-58(54)66/h3-41H,1-2H3. The fourth-order valence-electron chi connectivity index (χ4n) is 12.3. The lowest BCUT2D eigenvalue weighted by Crippen LogP contribution is -2.25. The molecule has 3 aliphatic rings. The van der Waals surface area contributed by atoms with Gasteiger partial charge in [0.15, 0.2) is 0 Å². The summed E-state index contributed by atoms with van der Waals surface area (Å²) in [5.41, 5.74) is 21.3. The minimum atomic E-state index is -0.360. The largest absolute Gasteiger partial charge is 0.310 e. The van der Waals surface area contributed by atoms with Crippen molar-refractivity contribution in [2.45, 2.75) is 24.7 Å². The number of nitrogens with zero attached hydrogens (tertiary/aromatic N) is 1. The summed E-state index contributed by atoms with van der Waals surface area (Å²) >= 11 is 0. The number of para-hydroxylation sites is 1. The third-order valence-electron chi connectivity index (χ3n) is 15.4. The molecule has 1 nitrogen and oxygen atoms in total. The second-order valence-corrected chi connectivity index (χ2v) is 19.3. The lowest BCUT2D eigenvalue weighted by molar-refractivity contribution is 0.663. The first-order valence-corrected chi connectivity index (χ1v) is 23.6. The summed E-state index contributed by atoms with van der Waals surface area (Å²) in [5.74, 6) is 0. The Hall–Kier alpha value is -8.26. The average Bonchev–Trinajstić information content (AvgIpc) is 3.94. The predicted octanol–water partition coefficient (Wildman–Crippen LogP) is 17.4. The molecule has 11 aromatic rings. The minimum absolute atomic E-state index is 0.133. The van der Waals surface area contributed by atoms with Gasteiger partial charge >= 0.3 is 0 Å². The van der Waals surface area contributed by atoms with Crippen LogP contribution >= 0.6 is 0 Å². The highest BCUT2D eigenvalue weighted by molar-refractivity contribution is 6.16. The minimum Gasteiger partial charge on any atom is -0.310 e. The maximum absolute atomic E-state index is 2.45. The quantitative estimate of drug-likeness (QED) is 0.119. The second kappa shape index (κ2) is 14.1. The van der Waals surface area contributed by atoms with Crippen LogP contribution in [0.15, 0.2) is 224 Å². The zero-order valence-corrected chi connectivity index (χ0v) is 37.5. The van der Waals surface area contributed by atoms with E-state index in [1.807, 2.05) is 0 Å². The highest BCUT2D eigenvalue weighted by Gasteiger charge is 2.51. The predicted molar refractivity (Wildman–Crippen MR) is 283 cm³/mol. The van der Waals surface area contributed by atoms with Crippen LogP contribution in [0.25, 0.3) is 77.9 Å². The van der Waals surface area contributed by atoms with E-state index in [1.54, 1.807) is 0 Å². The molecule has 1 spiro atoms. The maximum atomic E-state index is 2.45. The van der Waals surface area contributed by atoms with E-state index in [9.17, 15) is 0 Å². The normalized spacial score (nSPS) is 14.3. The monoisotopic (exact) mass is 851 g/mol. The van der Waals surface area contributed by atoms with Crippen LogP contribution in [0.5, 0.6) is 0 Å². The van der Waals surface area contributed by atoms with Gasteiger partial charge in [0.25, 0.3) is 0 Å². The Morgan fingerprint density at radius 2 is 0.821 bits per heavy atom. The third-order valence-corrected chi connectivity index (χ3v) is 15.4. The molecule has 0 aromatic heterocycles. The van der Waals surface area contributed by atoms with Crippen molar-refractivity contribution in [3.8, 4) is 33.4 Å². The van der Waals surface area contributed by atoms with E-state index < -0.39 is 0 Å². The van der Waals surface area contributed by atoms with Crippen molar-refractivity contribution in [3.63, 3.8) is 0 Å². The van der Waals surface area contributed by atoms with Crippen LogP contribution < -0.4 is 4.90 Å². The molecule has 0 fully saturated rings. The topological polar surface area (TPSA) is 3.24 Å². The molecule has 14 rings (SSSR count). The summed E-state index contributed by atoms with van der Waals surface area (Å²) < 4.78 is 0. The van der Waals surface area contributed by atoms with Crippen LogP contribution in [0, 0.1) is 0 Å². The van der Waals surface area contributed by atoms with Gasteiger partial charge in [0.1, 0.15) is 0 Å². The Balaban J connectivity index is 0.811. The van der Waals surface area contributed by atoms with Crippen LogP contribution in [0.2, 0.25) is 0 Å². The van der Waals surface area contributed by atoms with Crippen LogP contribution in [0.3, 0.4) is 0 Å². The molecule has 0 bridgehead atoms. The van der Waals surface area contributed by atoms with Gasteiger partial charge < -0.3 is 4.90 Å². The van der Waals surface area contributed by atoms with E-state index in [4.69, 9.17) is 0 Å². The lowest BCUT2D eigenvalue weighted by Gasteiger charge is -2.31. The molecule has 0 amide bonds. The molecule has 0 saturated carbocycles. The molecule has 0 unspecified atom stereocenters. The lowest BCUT2D eigenvalue weighted by atomic mass is 9.70. The molecule has 67 heavy (non-hydrogen) atoms. The first-order chi connectivity index (χ1) is 32.9. The molecular weight excluding hydrogens is 807 g/mol. The van der Waals surface area contributed by atoms with Crippen molar-refractivity contribution in [1.29, 1.82) is 0 Å². The van der Waals surface area contributed by atoms with Gasteiger partial charge in [-0.2, -0.15) is 0 Å². The van der Waals surface area contributed by atoms with Gasteiger partial charge in [-0.3, -0.25) is 0 Å². The fraction of sp³-hybridized carbons (Fsp3) is 0.0606. The molecular formula is C66H45N. The van der Waals surface area contributed by atoms with Crippen molar-refractivity contribution in [2.24, 2.45) is 0 Å². The fourth-order valence-corrected chi connectivity index (χ4v) is 12.3.